The summed E-state index contributed by atoms with van der Waals surface area (Å²) in [4.78, 5) is 21.8. The second-order valence-electron chi connectivity index (χ2n) is 3.37. The van der Waals surface area contributed by atoms with E-state index in [0.717, 1.165) is 4.90 Å². The van der Waals surface area contributed by atoms with Gasteiger partial charge in [0.15, 0.2) is 0 Å². The van der Waals surface area contributed by atoms with Crippen LogP contribution in [0.15, 0.2) is 29.2 Å². The number of carbonyl (C=O) groups is 2. The van der Waals surface area contributed by atoms with Crippen molar-refractivity contribution in [2.24, 2.45) is 0 Å². The van der Waals surface area contributed by atoms with Crippen molar-refractivity contribution in [1.29, 1.82) is 0 Å². The molecule has 0 aliphatic rings. The molecule has 1 rings (SSSR count). The third-order valence-corrected chi connectivity index (χ3v) is 3.06. The summed E-state index contributed by atoms with van der Waals surface area (Å²) in [5.41, 5.74) is 0.694. The summed E-state index contributed by atoms with van der Waals surface area (Å²) < 4.78 is 0. The summed E-state index contributed by atoms with van der Waals surface area (Å²) in [7, 11) is 0. The number of carboxylic acid groups (broad SMARTS) is 2. The molecule has 0 radical (unpaired) electrons. The van der Waals surface area contributed by atoms with Crippen LogP contribution in [0.5, 0.6) is 0 Å². The predicted molar refractivity (Wildman–Crippen MR) is 65.5 cm³/mol. The number of aliphatic carboxylic acids is 2. The highest BCUT2D eigenvalue weighted by atomic mass is 32.2. The maximum absolute atomic E-state index is 10.6. The van der Waals surface area contributed by atoms with Crippen LogP contribution in [0.25, 0.3) is 0 Å². The fraction of sp³-hybridized carbons (Fsp3) is 0.273. The largest absolute Gasteiger partial charge is 0.480 e. The zero-order chi connectivity index (χ0) is 12.8. The van der Waals surface area contributed by atoms with Crippen LogP contribution in [0.4, 0.5) is 5.69 Å². The summed E-state index contributed by atoms with van der Waals surface area (Å²) in [5, 5.41) is 19.4. The second kappa shape index (κ2) is 6.15. The van der Waals surface area contributed by atoms with E-state index in [1.807, 2.05) is 0 Å². The van der Waals surface area contributed by atoms with Gasteiger partial charge >= 0.3 is 11.9 Å². The SMILES string of the molecule is CC(Sc1ccc(NCC(=O)O)cc1)C(=O)O. The van der Waals surface area contributed by atoms with E-state index in [1.54, 1.807) is 31.2 Å². The molecule has 92 valence electrons. The highest BCUT2D eigenvalue weighted by Gasteiger charge is 2.11. The number of thioether (sulfide) groups is 1. The van der Waals surface area contributed by atoms with E-state index in [9.17, 15) is 9.59 Å². The van der Waals surface area contributed by atoms with Gasteiger partial charge in [-0.3, -0.25) is 9.59 Å². The fourth-order valence-electron chi connectivity index (χ4n) is 1.08. The summed E-state index contributed by atoms with van der Waals surface area (Å²) in [6, 6.07) is 6.96. The molecule has 0 aliphatic heterocycles. The Morgan fingerprint density at radius 3 is 2.35 bits per heavy atom. The first-order valence-corrected chi connectivity index (χ1v) is 5.82. The molecule has 0 saturated heterocycles. The van der Waals surface area contributed by atoms with Crippen molar-refractivity contribution in [2.45, 2.75) is 17.1 Å². The minimum atomic E-state index is -0.928. The quantitative estimate of drug-likeness (QED) is 0.671. The smallest absolute Gasteiger partial charge is 0.322 e. The minimum Gasteiger partial charge on any atom is -0.480 e. The Bertz CT molecular complexity index is 404. The van der Waals surface area contributed by atoms with Gasteiger partial charge in [-0.1, -0.05) is 0 Å². The molecule has 0 aliphatic carbocycles. The monoisotopic (exact) mass is 255 g/mol. The van der Waals surface area contributed by atoms with Crippen molar-refractivity contribution >= 4 is 29.4 Å². The van der Waals surface area contributed by atoms with E-state index in [1.165, 1.54) is 11.8 Å². The molecule has 0 spiro atoms. The van der Waals surface area contributed by atoms with Crippen LogP contribution in [0.2, 0.25) is 0 Å². The van der Waals surface area contributed by atoms with Gasteiger partial charge in [0.05, 0.1) is 0 Å². The average Bonchev–Trinajstić information content (AvgIpc) is 2.28. The van der Waals surface area contributed by atoms with Gasteiger partial charge in [-0.25, -0.2) is 0 Å². The third-order valence-electron chi connectivity index (χ3n) is 1.96. The van der Waals surface area contributed by atoms with E-state index >= 15 is 0 Å². The standard InChI is InChI=1S/C11H13NO4S/c1-7(11(15)16)17-9-4-2-8(3-5-9)12-6-10(13)14/h2-5,7,12H,6H2,1H3,(H,13,14)(H,15,16). The summed E-state index contributed by atoms with van der Waals surface area (Å²) in [6.07, 6.45) is 0. The Balaban J connectivity index is 2.55. The van der Waals surface area contributed by atoms with Gasteiger partial charge in [-0.05, 0) is 31.2 Å². The lowest BCUT2D eigenvalue weighted by molar-refractivity contribution is -0.136. The van der Waals surface area contributed by atoms with Crippen molar-refractivity contribution in [1.82, 2.24) is 0 Å². The molecule has 0 saturated carbocycles. The normalized spacial score (nSPS) is 11.8. The molecule has 1 aromatic rings. The van der Waals surface area contributed by atoms with Crippen molar-refractivity contribution in [3.8, 4) is 0 Å². The Morgan fingerprint density at radius 1 is 1.29 bits per heavy atom. The van der Waals surface area contributed by atoms with Crippen molar-refractivity contribution < 1.29 is 19.8 Å². The highest BCUT2D eigenvalue weighted by Crippen LogP contribution is 2.24. The molecule has 17 heavy (non-hydrogen) atoms. The Labute approximate surface area is 103 Å². The first-order valence-electron chi connectivity index (χ1n) is 4.94. The molecule has 1 unspecified atom stereocenters. The van der Waals surface area contributed by atoms with Gasteiger partial charge in [-0.2, -0.15) is 0 Å². The van der Waals surface area contributed by atoms with Crippen LogP contribution >= 0.6 is 11.8 Å². The lowest BCUT2D eigenvalue weighted by Gasteiger charge is -2.07. The zero-order valence-electron chi connectivity index (χ0n) is 9.21. The predicted octanol–water partition coefficient (Wildman–Crippen LogP) is 1.75. The van der Waals surface area contributed by atoms with E-state index in [2.05, 4.69) is 5.32 Å². The second-order valence-corrected chi connectivity index (χ2v) is 4.78. The van der Waals surface area contributed by atoms with Gasteiger partial charge < -0.3 is 15.5 Å². The minimum absolute atomic E-state index is 0.141. The molecule has 1 atom stereocenters. The maximum atomic E-state index is 10.6. The fourth-order valence-corrected chi connectivity index (χ4v) is 1.89. The van der Waals surface area contributed by atoms with E-state index in [-0.39, 0.29) is 6.54 Å². The third kappa shape index (κ3) is 4.78. The Hall–Kier alpha value is -1.69. The molecule has 0 amide bonds. The molecule has 6 heteroatoms. The molecular formula is C11H13NO4S. The molecule has 0 heterocycles. The Kier molecular flexibility index (Phi) is 4.84. The lowest BCUT2D eigenvalue weighted by atomic mass is 10.3. The van der Waals surface area contributed by atoms with Crippen LogP contribution in [0.3, 0.4) is 0 Å². The molecular weight excluding hydrogens is 242 g/mol. The summed E-state index contributed by atoms with van der Waals surface area (Å²) >= 11 is 1.24. The summed E-state index contributed by atoms with van der Waals surface area (Å²) in [6.45, 7) is 1.47. The van der Waals surface area contributed by atoms with Gasteiger partial charge in [-0.15, -0.1) is 11.8 Å². The molecule has 0 aromatic heterocycles. The van der Waals surface area contributed by atoms with Crippen LogP contribution < -0.4 is 5.32 Å². The number of hydrogen-bond donors (Lipinski definition) is 3. The van der Waals surface area contributed by atoms with Gasteiger partial charge in [0.1, 0.15) is 11.8 Å². The number of benzene rings is 1. The number of nitrogens with one attached hydrogen (secondary N) is 1. The number of rotatable bonds is 6. The van der Waals surface area contributed by atoms with E-state index in [4.69, 9.17) is 10.2 Å². The van der Waals surface area contributed by atoms with Crippen LogP contribution in [0.1, 0.15) is 6.92 Å². The van der Waals surface area contributed by atoms with Gasteiger partial charge in [0, 0.05) is 10.6 Å². The molecule has 0 fully saturated rings. The van der Waals surface area contributed by atoms with Gasteiger partial charge in [0.25, 0.3) is 0 Å². The van der Waals surface area contributed by atoms with Crippen molar-refractivity contribution in [3.05, 3.63) is 24.3 Å². The van der Waals surface area contributed by atoms with Crippen LogP contribution in [0, 0.1) is 0 Å². The van der Waals surface area contributed by atoms with Crippen molar-refractivity contribution in [3.63, 3.8) is 0 Å². The molecule has 0 bridgehead atoms. The van der Waals surface area contributed by atoms with E-state index < -0.39 is 17.2 Å². The highest BCUT2D eigenvalue weighted by molar-refractivity contribution is 8.00. The molecule has 3 N–H and O–H groups in total. The van der Waals surface area contributed by atoms with E-state index in [0.29, 0.717) is 5.69 Å². The van der Waals surface area contributed by atoms with Crippen molar-refractivity contribution in [2.75, 3.05) is 11.9 Å². The molecule has 1 aromatic carbocycles. The first-order chi connectivity index (χ1) is 7.99. The summed E-state index contributed by atoms with van der Waals surface area (Å²) in [5.74, 6) is -1.79. The Morgan fingerprint density at radius 2 is 1.88 bits per heavy atom. The maximum Gasteiger partial charge on any atom is 0.322 e. The number of hydrogen-bond acceptors (Lipinski definition) is 4. The molecule has 5 nitrogen and oxygen atoms in total. The lowest BCUT2D eigenvalue weighted by Crippen LogP contribution is -2.12. The topological polar surface area (TPSA) is 86.6 Å². The van der Waals surface area contributed by atoms with Crippen LogP contribution in [-0.2, 0) is 9.59 Å². The van der Waals surface area contributed by atoms with Gasteiger partial charge in [0.2, 0.25) is 0 Å². The van der Waals surface area contributed by atoms with Crippen LogP contribution in [-0.4, -0.2) is 33.9 Å². The number of anilines is 1. The number of carboxylic acids is 2. The average molecular weight is 255 g/mol. The first kappa shape index (κ1) is 13.4. The zero-order valence-corrected chi connectivity index (χ0v) is 10.0.